The maximum absolute atomic E-state index is 13.1. The number of aliphatic hydroxyl groups is 1. The molecule has 8 bridgehead atoms. The Hall–Kier alpha value is -6.31. The van der Waals surface area contributed by atoms with E-state index in [1.54, 1.807) is 0 Å². The van der Waals surface area contributed by atoms with Crippen molar-refractivity contribution in [2.24, 2.45) is 0 Å². The van der Waals surface area contributed by atoms with E-state index in [4.69, 9.17) is 14.7 Å². The van der Waals surface area contributed by atoms with Crippen LogP contribution in [0.5, 0.6) is 0 Å². The minimum atomic E-state index is -2.02. The van der Waals surface area contributed by atoms with Crippen molar-refractivity contribution < 1.29 is 14.6 Å². The molecule has 7 nitrogen and oxygen atoms in total. The Morgan fingerprint density at radius 2 is 0.898 bits per heavy atom. The highest BCUT2D eigenvalue weighted by Crippen LogP contribution is 2.38. The lowest BCUT2D eigenvalue weighted by Crippen LogP contribution is -2.34. The lowest BCUT2D eigenvalue weighted by molar-refractivity contribution is -0.161. The lowest BCUT2D eigenvalue weighted by Gasteiger charge is -2.21. The molecule has 0 spiro atoms. The highest BCUT2D eigenvalue weighted by Gasteiger charge is 2.38. The Bertz CT molecular complexity index is 2420. The van der Waals surface area contributed by atoms with Gasteiger partial charge in [0.2, 0.25) is 0 Å². The van der Waals surface area contributed by atoms with Gasteiger partial charge in [0.15, 0.2) is 5.60 Å². The fourth-order valence-electron chi connectivity index (χ4n) is 6.74. The summed E-state index contributed by atoms with van der Waals surface area (Å²) in [7, 11) is 1.27. The van der Waals surface area contributed by atoms with Crippen molar-refractivity contribution in [1.29, 1.82) is 0 Å². The second-order valence-corrected chi connectivity index (χ2v) is 12.2. The molecule has 0 amide bonds. The average molecular weight is 641 g/mol. The molecule has 5 heterocycles. The van der Waals surface area contributed by atoms with Crippen LogP contribution in [0.1, 0.15) is 35.3 Å². The van der Waals surface area contributed by atoms with Crippen LogP contribution in [-0.4, -0.2) is 38.1 Å². The van der Waals surface area contributed by atoms with E-state index in [1.165, 1.54) is 14.0 Å². The van der Waals surface area contributed by atoms with Gasteiger partial charge >= 0.3 is 5.97 Å². The number of methoxy groups -OCH3 is 1. The molecule has 8 rings (SSSR count). The number of aromatic nitrogens is 4. The van der Waals surface area contributed by atoms with Crippen LogP contribution in [0.3, 0.4) is 0 Å². The molecule has 238 valence electrons. The molecule has 6 aromatic rings. The third-order valence-corrected chi connectivity index (χ3v) is 9.01. The fourth-order valence-corrected chi connectivity index (χ4v) is 6.74. The summed E-state index contributed by atoms with van der Waals surface area (Å²) in [5.74, 6) is -0.794. The fraction of sp³-hybridized carbons (Fsp3) is 0.0714. The molecule has 2 aliphatic heterocycles. The number of benzene rings is 3. The molecule has 0 radical (unpaired) electrons. The van der Waals surface area contributed by atoms with Gasteiger partial charge in [-0.15, -0.1) is 0 Å². The molecule has 3 N–H and O–H groups in total. The van der Waals surface area contributed by atoms with Crippen LogP contribution in [-0.2, 0) is 15.1 Å². The van der Waals surface area contributed by atoms with Gasteiger partial charge in [0.1, 0.15) is 0 Å². The van der Waals surface area contributed by atoms with E-state index in [1.807, 2.05) is 109 Å². The summed E-state index contributed by atoms with van der Waals surface area (Å²) in [5, 5.41) is 11.8. The van der Waals surface area contributed by atoms with Crippen LogP contribution in [0.2, 0.25) is 0 Å². The molecular weight excluding hydrogens is 608 g/mol. The van der Waals surface area contributed by atoms with Crippen LogP contribution in [0, 0.1) is 0 Å². The summed E-state index contributed by atoms with van der Waals surface area (Å²) in [6.45, 7) is 1.44. The maximum atomic E-state index is 13.1. The number of carbonyl (C=O) groups is 1. The highest BCUT2D eigenvalue weighted by atomic mass is 16.5. The van der Waals surface area contributed by atoms with Gasteiger partial charge in [-0.1, -0.05) is 91.0 Å². The first-order valence-corrected chi connectivity index (χ1v) is 16.1. The quantitative estimate of drug-likeness (QED) is 0.163. The van der Waals surface area contributed by atoms with Crippen molar-refractivity contribution in [2.75, 3.05) is 7.11 Å². The monoisotopic (exact) mass is 640 g/mol. The van der Waals surface area contributed by atoms with Crippen molar-refractivity contribution in [3.05, 3.63) is 144 Å². The van der Waals surface area contributed by atoms with E-state index in [0.717, 1.165) is 61.3 Å². The predicted octanol–water partition coefficient (Wildman–Crippen LogP) is 9.04. The highest BCUT2D eigenvalue weighted by molar-refractivity contribution is 5.98. The van der Waals surface area contributed by atoms with Gasteiger partial charge in [-0.3, -0.25) is 0 Å². The van der Waals surface area contributed by atoms with Crippen LogP contribution < -0.4 is 0 Å². The summed E-state index contributed by atoms with van der Waals surface area (Å²) >= 11 is 0. The SMILES string of the molecule is COC(=O)[C@](C)(O)c1c2nc(c(-c3ccccc3)c3ccc([nH]3)c(-c3ccccc3)c3nc(c(-c4ccccc4)c4ccc1[nH]4)C=C3)C=C2. The van der Waals surface area contributed by atoms with Crippen LogP contribution in [0.15, 0.2) is 115 Å². The molecule has 0 saturated carbocycles. The minimum Gasteiger partial charge on any atom is -0.467 e. The van der Waals surface area contributed by atoms with E-state index in [9.17, 15) is 9.90 Å². The molecule has 49 heavy (non-hydrogen) atoms. The average Bonchev–Trinajstić information content (AvgIpc) is 3.97. The first kappa shape index (κ1) is 30.1. The molecule has 3 aromatic heterocycles. The Morgan fingerprint density at radius 3 is 1.31 bits per heavy atom. The number of rotatable bonds is 5. The van der Waals surface area contributed by atoms with E-state index in [0.29, 0.717) is 22.5 Å². The Labute approximate surface area is 283 Å². The number of aromatic amines is 2. The molecule has 0 aliphatic carbocycles. The zero-order valence-corrected chi connectivity index (χ0v) is 26.9. The van der Waals surface area contributed by atoms with Gasteiger partial charge in [0, 0.05) is 44.3 Å². The van der Waals surface area contributed by atoms with Gasteiger partial charge < -0.3 is 19.8 Å². The summed E-state index contributed by atoms with van der Waals surface area (Å²) in [6, 6.07) is 38.3. The normalized spacial score (nSPS) is 13.3. The third-order valence-electron chi connectivity index (χ3n) is 9.01. The summed E-state index contributed by atoms with van der Waals surface area (Å²) in [6.07, 6.45) is 7.84. The number of esters is 1. The zero-order chi connectivity index (χ0) is 33.5. The first-order valence-electron chi connectivity index (χ1n) is 16.1. The molecule has 3 aromatic carbocycles. The maximum Gasteiger partial charge on any atom is 0.342 e. The van der Waals surface area contributed by atoms with E-state index in [2.05, 4.69) is 40.3 Å². The number of nitrogens with one attached hydrogen (secondary N) is 2. The summed E-state index contributed by atoms with van der Waals surface area (Å²) in [4.78, 5) is 30.7. The predicted molar refractivity (Wildman–Crippen MR) is 197 cm³/mol. The van der Waals surface area contributed by atoms with Crippen molar-refractivity contribution in [3.63, 3.8) is 0 Å². The zero-order valence-electron chi connectivity index (χ0n) is 26.9. The molecule has 1 atom stereocenters. The molecular formula is C42H32N4O3. The van der Waals surface area contributed by atoms with Crippen molar-refractivity contribution in [2.45, 2.75) is 12.5 Å². The van der Waals surface area contributed by atoms with Gasteiger partial charge in [0.25, 0.3) is 0 Å². The molecule has 0 fully saturated rings. The van der Waals surface area contributed by atoms with Gasteiger partial charge in [-0.2, -0.15) is 0 Å². The molecule has 7 heteroatoms. The molecule has 2 aliphatic rings. The second-order valence-electron chi connectivity index (χ2n) is 12.2. The van der Waals surface area contributed by atoms with E-state index >= 15 is 0 Å². The first-order chi connectivity index (χ1) is 23.9. The van der Waals surface area contributed by atoms with Gasteiger partial charge in [0.05, 0.1) is 29.9 Å². The summed E-state index contributed by atoms with van der Waals surface area (Å²) < 4.78 is 5.09. The summed E-state index contributed by atoms with van der Waals surface area (Å²) in [5.41, 5.74) is 9.72. The van der Waals surface area contributed by atoms with Crippen molar-refractivity contribution in [3.8, 4) is 33.4 Å². The van der Waals surface area contributed by atoms with Gasteiger partial charge in [-0.05, 0) is 72.2 Å². The number of hydrogen-bond donors (Lipinski definition) is 3. The van der Waals surface area contributed by atoms with E-state index in [-0.39, 0.29) is 0 Å². The second kappa shape index (κ2) is 12.0. The Morgan fingerprint density at radius 1 is 0.551 bits per heavy atom. The third kappa shape index (κ3) is 5.26. The van der Waals surface area contributed by atoms with E-state index < -0.39 is 11.6 Å². The van der Waals surface area contributed by atoms with Crippen molar-refractivity contribution in [1.82, 2.24) is 19.9 Å². The van der Waals surface area contributed by atoms with Crippen LogP contribution >= 0.6 is 0 Å². The number of fused-ring (bicyclic) bond motifs is 8. The lowest BCUT2D eigenvalue weighted by atomic mass is 9.94. The Balaban J connectivity index is 1.59. The van der Waals surface area contributed by atoms with Crippen LogP contribution in [0.4, 0.5) is 0 Å². The largest absolute Gasteiger partial charge is 0.467 e. The van der Waals surface area contributed by atoms with Crippen molar-refractivity contribution >= 4 is 52.3 Å². The van der Waals surface area contributed by atoms with Crippen LogP contribution in [0.25, 0.3) is 79.8 Å². The van der Waals surface area contributed by atoms with Gasteiger partial charge in [-0.25, -0.2) is 14.8 Å². The molecule has 0 unspecified atom stereocenters. The number of H-pyrrole nitrogens is 2. The molecule has 0 saturated heterocycles. The number of nitrogens with zero attached hydrogens (tertiary/aromatic N) is 2. The Kier molecular flexibility index (Phi) is 7.39. The smallest absolute Gasteiger partial charge is 0.342 e. The number of carbonyl (C=O) groups excluding carboxylic acids is 1. The number of ether oxygens (including phenoxy) is 1. The minimum absolute atomic E-state index is 0.298. The standard InChI is InChI=1S/C42H32N4O3/c1-42(48,41(47)49-2)40-35-24-22-33(45-35)38(27-14-8-4-9-15-27)31-20-18-29(43-31)37(26-12-6-3-7-13-26)30-19-21-32(44-30)39(28-16-10-5-11-17-28)34-23-25-36(40)46-34/h3-25,43,46,48H,1-2H3/t42-/m1/s1. The number of hydrogen-bond acceptors (Lipinski definition) is 5. The topological polar surface area (TPSA) is 104 Å².